The van der Waals surface area contributed by atoms with E-state index in [0.717, 1.165) is 4.88 Å². The van der Waals surface area contributed by atoms with Gasteiger partial charge in [-0.25, -0.2) is 9.78 Å². The summed E-state index contributed by atoms with van der Waals surface area (Å²) < 4.78 is 3.83. The van der Waals surface area contributed by atoms with Gasteiger partial charge in [0.25, 0.3) is 5.56 Å². The third-order valence-corrected chi connectivity index (χ3v) is 5.42. The third kappa shape index (κ3) is 1.79. The third-order valence-electron chi connectivity index (χ3n) is 3.32. The number of hydrogen-bond donors (Lipinski definition) is 2. The first-order valence-corrected chi connectivity index (χ1v) is 8.07. The van der Waals surface area contributed by atoms with Crippen LogP contribution in [0.4, 0.5) is 0 Å². The van der Waals surface area contributed by atoms with Crippen LogP contribution in [0.3, 0.4) is 0 Å². The lowest BCUT2D eigenvalue weighted by Crippen LogP contribution is -2.29. The molecule has 4 aromatic heterocycles. The molecule has 8 heteroatoms. The van der Waals surface area contributed by atoms with Crippen LogP contribution in [0.2, 0.25) is 0 Å². The van der Waals surface area contributed by atoms with Gasteiger partial charge >= 0.3 is 5.69 Å². The second-order valence-corrected chi connectivity index (χ2v) is 6.58. The molecule has 0 aliphatic rings. The van der Waals surface area contributed by atoms with Crippen molar-refractivity contribution in [3.8, 4) is 10.7 Å². The number of imidazole rings is 1. The molecule has 4 aromatic rings. The van der Waals surface area contributed by atoms with Gasteiger partial charge in [0.1, 0.15) is 5.52 Å². The Morgan fingerprint density at radius 3 is 2.90 bits per heavy atom. The Kier molecular flexibility index (Phi) is 2.63. The summed E-state index contributed by atoms with van der Waals surface area (Å²) in [5, 5.41) is 2.04. The first-order valence-electron chi connectivity index (χ1n) is 6.37. The maximum absolute atomic E-state index is 11.9. The van der Waals surface area contributed by atoms with E-state index in [2.05, 4.69) is 21.0 Å². The van der Waals surface area contributed by atoms with Crippen molar-refractivity contribution in [2.45, 2.75) is 13.5 Å². The van der Waals surface area contributed by atoms with Gasteiger partial charge in [-0.15, -0.1) is 22.7 Å². The topological polar surface area (TPSA) is 83.5 Å². The molecule has 0 amide bonds. The normalized spacial score (nSPS) is 11.7. The molecule has 4 heterocycles. The van der Waals surface area contributed by atoms with Gasteiger partial charge in [0.05, 0.1) is 4.88 Å². The van der Waals surface area contributed by atoms with Crippen molar-refractivity contribution < 1.29 is 0 Å². The highest BCUT2D eigenvalue weighted by Crippen LogP contribution is 2.35. The van der Waals surface area contributed by atoms with E-state index in [1.165, 1.54) is 14.0 Å². The lowest BCUT2D eigenvalue weighted by Gasteiger charge is -1.99. The van der Waals surface area contributed by atoms with Gasteiger partial charge in [-0.1, -0.05) is 0 Å². The lowest BCUT2D eigenvalue weighted by molar-refractivity contribution is 0.720. The summed E-state index contributed by atoms with van der Waals surface area (Å²) in [4.78, 5) is 34.4. The van der Waals surface area contributed by atoms with E-state index in [0.29, 0.717) is 23.5 Å². The van der Waals surface area contributed by atoms with Gasteiger partial charge in [0, 0.05) is 15.9 Å². The van der Waals surface area contributed by atoms with Gasteiger partial charge in [0.2, 0.25) is 0 Å². The van der Waals surface area contributed by atoms with Crippen LogP contribution in [0.15, 0.2) is 27.1 Å². The van der Waals surface area contributed by atoms with E-state index in [1.807, 2.05) is 18.4 Å². The Morgan fingerprint density at radius 2 is 2.14 bits per heavy atom. The van der Waals surface area contributed by atoms with Crippen molar-refractivity contribution in [1.82, 2.24) is 19.5 Å². The number of H-pyrrole nitrogens is 2. The quantitative estimate of drug-likeness (QED) is 0.595. The number of fused-ring (bicyclic) bond motifs is 2. The lowest BCUT2D eigenvalue weighted by atomic mass is 10.4. The van der Waals surface area contributed by atoms with E-state index < -0.39 is 11.2 Å². The van der Waals surface area contributed by atoms with Crippen molar-refractivity contribution in [3.05, 3.63) is 38.4 Å². The number of thiophene rings is 2. The molecule has 106 valence electrons. The summed E-state index contributed by atoms with van der Waals surface area (Å²) >= 11 is 3.28. The predicted octanol–water partition coefficient (Wildman–Crippen LogP) is 2.38. The number of nitrogens with zero attached hydrogens (tertiary/aromatic N) is 2. The number of aryl methyl sites for hydroxylation is 1. The van der Waals surface area contributed by atoms with Crippen molar-refractivity contribution in [3.63, 3.8) is 0 Å². The van der Waals surface area contributed by atoms with E-state index in [-0.39, 0.29) is 0 Å². The summed E-state index contributed by atoms with van der Waals surface area (Å²) in [5.41, 5.74) is -0.127. The molecule has 0 aromatic carbocycles. The standard InChI is InChI=1S/C13H10N4O2S2/c1-2-17-11-9(12(18)16-13(17)19)14-10(15-11)8-5-7-6(21-8)3-4-20-7/h3-5H,2H2,1H3,(H,14,15)(H,16,18,19). The Bertz CT molecular complexity index is 1050. The molecule has 0 saturated heterocycles. The second-order valence-electron chi connectivity index (χ2n) is 4.55. The smallest absolute Gasteiger partial charge is 0.330 e. The molecule has 0 unspecified atom stereocenters. The summed E-state index contributed by atoms with van der Waals surface area (Å²) in [5.74, 6) is 0.622. The van der Waals surface area contributed by atoms with E-state index in [4.69, 9.17) is 0 Å². The molecular weight excluding hydrogens is 308 g/mol. The van der Waals surface area contributed by atoms with Crippen LogP contribution in [0, 0.1) is 0 Å². The number of aromatic amines is 2. The zero-order chi connectivity index (χ0) is 14.6. The molecule has 4 rings (SSSR count). The molecule has 0 fully saturated rings. The number of rotatable bonds is 2. The van der Waals surface area contributed by atoms with E-state index >= 15 is 0 Å². The Hall–Kier alpha value is -2.19. The molecule has 0 atom stereocenters. The van der Waals surface area contributed by atoms with Gasteiger partial charge in [-0.05, 0) is 24.4 Å². The molecular formula is C13H10N4O2S2. The number of aromatic nitrogens is 4. The van der Waals surface area contributed by atoms with E-state index in [9.17, 15) is 9.59 Å². The zero-order valence-electron chi connectivity index (χ0n) is 11.0. The van der Waals surface area contributed by atoms with Crippen molar-refractivity contribution >= 4 is 43.2 Å². The van der Waals surface area contributed by atoms with Crippen LogP contribution in [0.25, 0.3) is 31.3 Å². The SMILES string of the molecule is CCn1c(=O)[nH]c(=O)c2[nH]c(-c3cc4sccc4s3)nc21. The fourth-order valence-electron chi connectivity index (χ4n) is 2.33. The maximum Gasteiger partial charge on any atom is 0.330 e. The second kappa shape index (κ2) is 4.40. The maximum atomic E-state index is 11.9. The van der Waals surface area contributed by atoms with Crippen LogP contribution in [0.1, 0.15) is 6.92 Å². The highest BCUT2D eigenvalue weighted by molar-refractivity contribution is 7.28. The molecule has 0 aliphatic heterocycles. The Labute approximate surface area is 125 Å². The highest BCUT2D eigenvalue weighted by Gasteiger charge is 2.15. The minimum Gasteiger partial charge on any atom is -0.331 e. The monoisotopic (exact) mass is 318 g/mol. The molecule has 0 saturated carbocycles. The first kappa shape index (κ1) is 12.5. The van der Waals surface area contributed by atoms with Crippen LogP contribution >= 0.6 is 22.7 Å². The predicted molar refractivity (Wildman–Crippen MR) is 85.3 cm³/mol. The molecule has 6 nitrogen and oxygen atoms in total. The molecule has 0 aliphatic carbocycles. The first-order chi connectivity index (χ1) is 10.2. The molecule has 0 bridgehead atoms. The minimum absolute atomic E-state index is 0.336. The van der Waals surface area contributed by atoms with Crippen LogP contribution in [-0.4, -0.2) is 19.5 Å². The zero-order valence-corrected chi connectivity index (χ0v) is 12.6. The fraction of sp³-hybridized carbons (Fsp3) is 0.154. The number of nitrogens with one attached hydrogen (secondary N) is 2. The largest absolute Gasteiger partial charge is 0.331 e. The summed E-state index contributed by atoms with van der Waals surface area (Å²) in [7, 11) is 0. The van der Waals surface area contributed by atoms with Gasteiger partial charge in [0.15, 0.2) is 11.5 Å². The molecule has 21 heavy (non-hydrogen) atoms. The van der Waals surface area contributed by atoms with E-state index in [1.54, 1.807) is 22.7 Å². The molecule has 0 spiro atoms. The Balaban J connectivity index is 2.02. The average Bonchev–Trinajstić information content (AvgIpc) is 3.11. The van der Waals surface area contributed by atoms with Gasteiger partial charge < -0.3 is 4.98 Å². The fourth-order valence-corrected chi connectivity index (χ4v) is 4.39. The molecule has 2 N–H and O–H groups in total. The summed E-state index contributed by atoms with van der Waals surface area (Å²) in [6.45, 7) is 2.30. The van der Waals surface area contributed by atoms with Crippen LogP contribution < -0.4 is 11.2 Å². The summed E-state index contributed by atoms with van der Waals surface area (Å²) in [6, 6.07) is 4.11. The average molecular weight is 318 g/mol. The minimum atomic E-state index is -0.434. The Morgan fingerprint density at radius 1 is 1.29 bits per heavy atom. The summed E-state index contributed by atoms with van der Waals surface area (Å²) in [6.07, 6.45) is 0. The van der Waals surface area contributed by atoms with Crippen molar-refractivity contribution in [2.75, 3.05) is 0 Å². The van der Waals surface area contributed by atoms with Crippen molar-refractivity contribution in [2.24, 2.45) is 0 Å². The van der Waals surface area contributed by atoms with Crippen molar-refractivity contribution in [1.29, 1.82) is 0 Å². The van der Waals surface area contributed by atoms with Crippen LogP contribution in [0.5, 0.6) is 0 Å². The van der Waals surface area contributed by atoms with Gasteiger partial charge in [-0.3, -0.25) is 14.3 Å². The molecule has 0 radical (unpaired) electrons. The van der Waals surface area contributed by atoms with Crippen LogP contribution in [-0.2, 0) is 6.54 Å². The van der Waals surface area contributed by atoms with Gasteiger partial charge in [-0.2, -0.15) is 0 Å². The highest BCUT2D eigenvalue weighted by atomic mass is 32.1. The number of hydrogen-bond acceptors (Lipinski definition) is 5.